The van der Waals surface area contributed by atoms with Gasteiger partial charge in [0.25, 0.3) is 5.91 Å². The predicted molar refractivity (Wildman–Crippen MR) is 88.8 cm³/mol. The van der Waals surface area contributed by atoms with Gasteiger partial charge in [0, 0.05) is 31.4 Å². The third kappa shape index (κ3) is 2.46. The molecule has 0 fully saturated rings. The Bertz CT molecular complexity index is 883. The summed E-state index contributed by atoms with van der Waals surface area (Å²) in [5, 5.41) is 0.956. The molecule has 1 N–H and O–H groups in total. The smallest absolute Gasteiger partial charge is 0.289 e. The number of carbonyl (C=O) groups is 1. The van der Waals surface area contributed by atoms with Gasteiger partial charge in [-0.3, -0.25) is 9.78 Å². The minimum Gasteiger partial charge on any atom is -0.333 e. The van der Waals surface area contributed by atoms with E-state index in [0.29, 0.717) is 34.2 Å². The van der Waals surface area contributed by atoms with Crippen LogP contribution < -0.4 is 0 Å². The van der Waals surface area contributed by atoms with E-state index in [2.05, 4.69) is 15.0 Å². The molecule has 0 aliphatic carbocycles. The van der Waals surface area contributed by atoms with Crippen LogP contribution >= 0.6 is 23.2 Å². The number of nitrogens with one attached hydrogen (secondary N) is 1. The lowest BCUT2D eigenvalue weighted by Crippen LogP contribution is -2.36. The largest absolute Gasteiger partial charge is 0.333 e. The Labute approximate surface area is 142 Å². The molecule has 0 atom stereocenters. The van der Waals surface area contributed by atoms with Crippen LogP contribution in [0.2, 0.25) is 10.0 Å². The zero-order valence-corrected chi connectivity index (χ0v) is 13.5. The average molecular weight is 347 g/mol. The molecule has 1 amide bonds. The van der Waals surface area contributed by atoms with E-state index in [1.807, 2.05) is 12.1 Å². The van der Waals surface area contributed by atoms with Gasteiger partial charge in [0.1, 0.15) is 5.52 Å². The normalized spacial score (nSPS) is 14.1. The number of aromatic nitrogens is 3. The summed E-state index contributed by atoms with van der Waals surface area (Å²) in [6.07, 6.45) is 2.52. The molecule has 3 heterocycles. The molecular weight excluding hydrogens is 335 g/mol. The van der Waals surface area contributed by atoms with Gasteiger partial charge in [-0.2, -0.15) is 0 Å². The minimum atomic E-state index is -0.164. The van der Waals surface area contributed by atoms with Gasteiger partial charge in [0.05, 0.1) is 15.6 Å². The van der Waals surface area contributed by atoms with Gasteiger partial charge in [-0.15, -0.1) is 0 Å². The first-order valence-corrected chi connectivity index (χ1v) is 7.95. The highest BCUT2D eigenvalue weighted by molar-refractivity contribution is 6.39. The quantitative estimate of drug-likeness (QED) is 0.733. The van der Waals surface area contributed by atoms with Crippen molar-refractivity contribution < 1.29 is 4.79 Å². The highest BCUT2D eigenvalue weighted by Gasteiger charge is 2.25. The summed E-state index contributed by atoms with van der Waals surface area (Å²) in [7, 11) is 0. The van der Waals surface area contributed by atoms with Crippen molar-refractivity contribution in [1.82, 2.24) is 19.9 Å². The van der Waals surface area contributed by atoms with Crippen LogP contribution in [0.25, 0.3) is 11.0 Å². The predicted octanol–water partition coefficient (Wildman–Crippen LogP) is 3.46. The van der Waals surface area contributed by atoms with Crippen molar-refractivity contribution >= 4 is 40.1 Å². The van der Waals surface area contributed by atoms with Crippen molar-refractivity contribution in [2.45, 2.75) is 13.0 Å². The molecule has 0 saturated heterocycles. The van der Waals surface area contributed by atoms with Gasteiger partial charge in [-0.05, 0) is 23.8 Å². The van der Waals surface area contributed by atoms with Crippen LogP contribution in [0.5, 0.6) is 0 Å². The zero-order chi connectivity index (χ0) is 16.0. The lowest BCUT2D eigenvalue weighted by atomic mass is 10.1. The fraction of sp³-hybridized carbons (Fsp3) is 0.188. The number of benzene rings is 1. The summed E-state index contributed by atoms with van der Waals surface area (Å²) in [5.41, 5.74) is 3.22. The maximum atomic E-state index is 12.7. The first-order valence-electron chi connectivity index (χ1n) is 7.19. The van der Waals surface area contributed by atoms with Gasteiger partial charge in [0.2, 0.25) is 0 Å². The Morgan fingerprint density at radius 1 is 1.22 bits per heavy atom. The molecule has 1 aliphatic heterocycles. The Balaban J connectivity index is 1.68. The Hall–Kier alpha value is -2.11. The maximum absolute atomic E-state index is 12.7. The van der Waals surface area contributed by atoms with E-state index in [1.54, 1.807) is 23.2 Å². The van der Waals surface area contributed by atoms with Gasteiger partial charge in [-0.25, -0.2) is 4.98 Å². The number of amides is 1. The number of H-pyrrole nitrogens is 1. The number of hydrogen-bond donors (Lipinski definition) is 1. The molecular formula is C16H12Cl2N4O. The molecule has 3 aromatic rings. The molecule has 116 valence electrons. The Kier molecular flexibility index (Phi) is 3.47. The topological polar surface area (TPSA) is 61.9 Å². The zero-order valence-electron chi connectivity index (χ0n) is 12.0. The number of fused-ring (bicyclic) bond motifs is 2. The number of nitrogens with zero attached hydrogens (tertiary/aromatic N) is 3. The molecule has 0 radical (unpaired) electrons. The van der Waals surface area contributed by atoms with Crippen molar-refractivity contribution in [3.63, 3.8) is 0 Å². The molecule has 0 saturated carbocycles. The van der Waals surface area contributed by atoms with E-state index in [0.717, 1.165) is 17.7 Å². The molecule has 0 bridgehead atoms. The monoisotopic (exact) mass is 346 g/mol. The summed E-state index contributed by atoms with van der Waals surface area (Å²) in [5.74, 6) is 0.0881. The van der Waals surface area contributed by atoms with Crippen molar-refractivity contribution in [1.29, 1.82) is 0 Å². The lowest BCUT2D eigenvalue weighted by molar-refractivity contribution is 0.0722. The average Bonchev–Trinajstić information content (AvgIpc) is 3.04. The third-order valence-corrected chi connectivity index (χ3v) is 4.62. The number of imidazole rings is 1. The van der Waals surface area contributed by atoms with E-state index >= 15 is 0 Å². The van der Waals surface area contributed by atoms with Gasteiger partial charge >= 0.3 is 0 Å². The van der Waals surface area contributed by atoms with Crippen LogP contribution in [0.1, 0.15) is 21.9 Å². The summed E-state index contributed by atoms with van der Waals surface area (Å²) in [4.78, 5) is 26.1. The lowest BCUT2D eigenvalue weighted by Gasteiger charge is -2.27. The van der Waals surface area contributed by atoms with E-state index in [4.69, 9.17) is 23.2 Å². The summed E-state index contributed by atoms with van der Waals surface area (Å²) in [6, 6.07) is 7.23. The van der Waals surface area contributed by atoms with Crippen molar-refractivity contribution in [2.75, 3.05) is 6.54 Å². The summed E-state index contributed by atoms with van der Waals surface area (Å²) < 4.78 is 0. The first-order chi connectivity index (χ1) is 11.1. The molecule has 1 aliphatic rings. The first kappa shape index (κ1) is 14.5. The summed E-state index contributed by atoms with van der Waals surface area (Å²) >= 11 is 12.3. The fourth-order valence-corrected chi connectivity index (χ4v) is 3.22. The SMILES string of the molecule is O=C(c1nc2c(Cl)ccc(Cl)c2[nH]1)N1CCc2ncccc2C1. The molecule has 0 spiro atoms. The van der Waals surface area contributed by atoms with Crippen LogP contribution in [-0.4, -0.2) is 32.3 Å². The van der Waals surface area contributed by atoms with E-state index in [-0.39, 0.29) is 11.7 Å². The number of carbonyl (C=O) groups excluding carboxylic acids is 1. The number of hydrogen-bond acceptors (Lipinski definition) is 3. The van der Waals surface area contributed by atoms with E-state index in [9.17, 15) is 4.79 Å². The second kappa shape index (κ2) is 5.51. The maximum Gasteiger partial charge on any atom is 0.289 e. The third-order valence-electron chi connectivity index (χ3n) is 4.00. The van der Waals surface area contributed by atoms with Crippen LogP contribution in [0, 0.1) is 0 Å². The van der Waals surface area contributed by atoms with Crippen molar-refractivity contribution in [3.8, 4) is 0 Å². The van der Waals surface area contributed by atoms with Crippen LogP contribution in [0.15, 0.2) is 30.5 Å². The van der Waals surface area contributed by atoms with Crippen molar-refractivity contribution in [3.05, 3.63) is 57.6 Å². The Morgan fingerprint density at radius 2 is 2.04 bits per heavy atom. The van der Waals surface area contributed by atoms with Crippen LogP contribution in [-0.2, 0) is 13.0 Å². The number of pyridine rings is 1. The number of aromatic amines is 1. The van der Waals surface area contributed by atoms with Crippen LogP contribution in [0.4, 0.5) is 0 Å². The molecule has 4 rings (SSSR count). The standard InChI is InChI=1S/C16H12Cl2N4O/c17-10-3-4-11(18)14-13(10)20-15(21-14)16(23)22-7-5-12-9(8-22)2-1-6-19-12/h1-4,6H,5,7-8H2,(H,20,21). The number of rotatable bonds is 1. The van der Waals surface area contributed by atoms with E-state index < -0.39 is 0 Å². The second-order valence-electron chi connectivity index (χ2n) is 5.42. The molecule has 1 aromatic carbocycles. The van der Waals surface area contributed by atoms with Gasteiger partial charge in [0.15, 0.2) is 5.82 Å². The number of halogens is 2. The second-order valence-corrected chi connectivity index (χ2v) is 6.24. The highest BCUT2D eigenvalue weighted by Crippen LogP contribution is 2.28. The molecule has 5 nitrogen and oxygen atoms in total. The molecule has 2 aromatic heterocycles. The molecule has 0 unspecified atom stereocenters. The van der Waals surface area contributed by atoms with E-state index in [1.165, 1.54) is 0 Å². The van der Waals surface area contributed by atoms with Gasteiger partial charge in [-0.1, -0.05) is 29.3 Å². The minimum absolute atomic E-state index is 0.164. The molecule has 7 heteroatoms. The van der Waals surface area contributed by atoms with Crippen LogP contribution in [0.3, 0.4) is 0 Å². The fourth-order valence-electron chi connectivity index (χ4n) is 2.82. The Morgan fingerprint density at radius 3 is 2.87 bits per heavy atom. The molecule has 23 heavy (non-hydrogen) atoms. The van der Waals surface area contributed by atoms with Crippen molar-refractivity contribution in [2.24, 2.45) is 0 Å². The summed E-state index contributed by atoms with van der Waals surface area (Å²) in [6.45, 7) is 1.14. The van der Waals surface area contributed by atoms with Gasteiger partial charge < -0.3 is 9.88 Å². The highest BCUT2D eigenvalue weighted by atomic mass is 35.5.